The van der Waals surface area contributed by atoms with Gasteiger partial charge < -0.3 is 10.2 Å². The predicted octanol–water partition coefficient (Wildman–Crippen LogP) is 2.01. The number of piperazine rings is 1. The number of benzene rings is 1. The number of nitriles is 1. The topological polar surface area (TPSA) is 39.1 Å². The van der Waals surface area contributed by atoms with Gasteiger partial charge in [0.15, 0.2) is 0 Å². The maximum atomic E-state index is 8.78. The predicted molar refractivity (Wildman–Crippen MR) is 65.8 cm³/mol. The number of halogens is 1. The van der Waals surface area contributed by atoms with E-state index in [1.165, 1.54) is 0 Å². The molecule has 0 amide bonds. The molecule has 1 atom stereocenters. The molecule has 1 aromatic rings. The van der Waals surface area contributed by atoms with Gasteiger partial charge in [-0.2, -0.15) is 5.26 Å². The summed E-state index contributed by atoms with van der Waals surface area (Å²) in [4.78, 5) is 2.28. The van der Waals surface area contributed by atoms with Gasteiger partial charge in [-0.15, -0.1) is 0 Å². The Morgan fingerprint density at radius 2 is 2.38 bits per heavy atom. The molecule has 1 aromatic carbocycles. The van der Waals surface area contributed by atoms with Crippen LogP contribution in [0.25, 0.3) is 0 Å². The number of anilines is 1. The van der Waals surface area contributed by atoms with Crippen LogP contribution in [-0.4, -0.2) is 25.7 Å². The Morgan fingerprint density at radius 3 is 3.00 bits per heavy atom. The first-order valence-electron chi connectivity index (χ1n) is 5.39. The van der Waals surface area contributed by atoms with Crippen molar-refractivity contribution in [1.82, 2.24) is 5.32 Å². The van der Waals surface area contributed by atoms with E-state index < -0.39 is 0 Å². The Morgan fingerprint density at radius 1 is 1.56 bits per heavy atom. The third-order valence-electron chi connectivity index (χ3n) is 2.89. The van der Waals surface area contributed by atoms with Gasteiger partial charge in [-0.1, -0.05) is 11.6 Å². The highest BCUT2D eigenvalue weighted by molar-refractivity contribution is 6.33. The van der Waals surface area contributed by atoms with Crippen LogP contribution in [0.4, 0.5) is 5.69 Å². The smallest absolute Gasteiger partial charge is 0.0992 e. The molecule has 0 unspecified atom stereocenters. The first-order valence-corrected chi connectivity index (χ1v) is 5.77. The molecule has 3 nitrogen and oxygen atoms in total. The molecule has 1 heterocycles. The zero-order valence-electron chi connectivity index (χ0n) is 9.20. The molecule has 1 fully saturated rings. The highest BCUT2D eigenvalue weighted by atomic mass is 35.5. The Balaban J connectivity index is 2.29. The van der Waals surface area contributed by atoms with Crippen molar-refractivity contribution in [2.45, 2.75) is 13.0 Å². The van der Waals surface area contributed by atoms with Gasteiger partial charge >= 0.3 is 0 Å². The summed E-state index contributed by atoms with van der Waals surface area (Å²) in [6, 6.07) is 8.00. The number of nitrogens with one attached hydrogen (secondary N) is 1. The van der Waals surface area contributed by atoms with Crippen LogP contribution in [0.15, 0.2) is 18.2 Å². The van der Waals surface area contributed by atoms with E-state index in [-0.39, 0.29) is 0 Å². The van der Waals surface area contributed by atoms with E-state index in [1.807, 2.05) is 12.1 Å². The van der Waals surface area contributed by atoms with Crippen LogP contribution in [0, 0.1) is 11.3 Å². The molecule has 0 radical (unpaired) electrons. The van der Waals surface area contributed by atoms with Crippen molar-refractivity contribution in [3.63, 3.8) is 0 Å². The molecule has 0 aliphatic carbocycles. The quantitative estimate of drug-likeness (QED) is 0.810. The fraction of sp³-hybridized carbons (Fsp3) is 0.417. The number of nitrogens with zero attached hydrogens (tertiary/aromatic N) is 2. The Hall–Kier alpha value is -1.24. The van der Waals surface area contributed by atoms with E-state index in [2.05, 4.69) is 23.2 Å². The zero-order chi connectivity index (χ0) is 11.5. The lowest BCUT2D eigenvalue weighted by Gasteiger charge is -2.36. The van der Waals surface area contributed by atoms with Crippen LogP contribution in [0.1, 0.15) is 12.5 Å². The first-order chi connectivity index (χ1) is 7.72. The number of rotatable bonds is 1. The van der Waals surface area contributed by atoms with Crippen LogP contribution in [0.2, 0.25) is 5.02 Å². The highest BCUT2D eigenvalue weighted by Gasteiger charge is 2.20. The van der Waals surface area contributed by atoms with Crippen LogP contribution in [0.3, 0.4) is 0 Å². The van der Waals surface area contributed by atoms with Crippen LogP contribution < -0.4 is 10.2 Å². The molecule has 0 bridgehead atoms. The van der Waals surface area contributed by atoms with Crippen molar-refractivity contribution in [3.8, 4) is 6.07 Å². The van der Waals surface area contributed by atoms with Crippen molar-refractivity contribution in [2.24, 2.45) is 0 Å². The Bertz CT molecular complexity index is 425. The minimum absolute atomic E-state index is 0.430. The number of hydrogen-bond acceptors (Lipinski definition) is 3. The zero-order valence-corrected chi connectivity index (χ0v) is 9.96. The van der Waals surface area contributed by atoms with Crippen LogP contribution in [-0.2, 0) is 0 Å². The molecule has 0 saturated carbocycles. The van der Waals surface area contributed by atoms with Gasteiger partial charge in [0.05, 0.1) is 22.3 Å². The summed E-state index contributed by atoms with van der Waals surface area (Å²) >= 11 is 6.19. The molecule has 1 aliphatic rings. The van der Waals surface area contributed by atoms with E-state index >= 15 is 0 Å². The lowest BCUT2D eigenvalue weighted by Crippen LogP contribution is -2.50. The van der Waals surface area contributed by atoms with Crippen LogP contribution >= 0.6 is 11.6 Å². The molecule has 1 aliphatic heterocycles. The summed E-state index contributed by atoms with van der Waals surface area (Å²) < 4.78 is 0. The normalized spacial score (nSPS) is 20.6. The highest BCUT2D eigenvalue weighted by Crippen LogP contribution is 2.28. The van der Waals surface area contributed by atoms with Crippen molar-refractivity contribution < 1.29 is 0 Å². The van der Waals surface area contributed by atoms with Gasteiger partial charge in [-0.3, -0.25) is 0 Å². The van der Waals surface area contributed by atoms with Gasteiger partial charge in [0.2, 0.25) is 0 Å². The van der Waals surface area contributed by atoms with Crippen molar-refractivity contribution in [2.75, 3.05) is 24.5 Å². The molecule has 1 N–H and O–H groups in total. The van der Waals surface area contributed by atoms with E-state index in [0.717, 1.165) is 25.3 Å². The monoisotopic (exact) mass is 235 g/mol. The van der Waals surface area contributed by atoms with E-state index in [4.69, 9.17) is 16.9 Å². The SMILES string of the molecule is C[C@@H]1CNCCN1c1ccc(C#N)cc1Cl. The summed E-state index contributed by atoms with van der Waals surface area (Å²) in [6.45, 7) is 5.06. The molecule has 0 spiro atoms. The molecular formula is C12H14ClN3. The van der Waals surface area contributed by atoms with Gasteiger partial charge in [-0.25, -0.2) is 0 Å². The second-order valence-corrected chi connectivity index (χ2v) is 4.43. The molecule has 0 aromatic heterocycles. The molecule has 4 heteroatoms. The van der Waals surface area contributed by atoms with Gasteiger partial charge in [-0.05, 0) is 25.1 Å². The largest absolute Gasteiger partial charge is 0.365 e. The molecular weight excluding hydrogens is 222 g/mol. The molecule has 16 heavy (non-hydrogen) atoms. The standard InChI is InChI=1S/C12H14ClN3/c1-9-8-15-4-5-16(9)12-3-2-10(7-14)6-11(12)13/h2-3,6,9,15H,4-5,8H2,1H3/t9-/m1/s1. The fourth-order valence-electron chi connectivity index (χ4n) is 2.01. The van der Waals surface area contributed by atoms with E-state index in [0.29, 0.717) is 16.6 Å². The lowest BCUT2D eigenvalue weighted by molar-refractivity contribution is 0.501. The molecule has 2 rings (SSSR count). The Labute approximate surface area is 101 Å². The summed E-state index contributed by atoms with van der Waals surface area (Å²) in [6.07, 6.45) is 0. The fourth-order valence-corrected chi connectivity index (χ4v) is 2.30. The minimum atomic E-state index is 0.430. The van der Waals surface area contributed by atoms with E-state index in [9.17, 15) is 0 Å². The molecule has 84 valence electrons. The summed E-state index contributed by atoms with van der Waals surface area (Å²) in [5.41, 5.74) is 1.63. The average molecular weight is 236 g/mol. The third-order valence-corrected chi connectivity index (χ3v) is 3.19. The van der Waals surface area contributed by atoms with Crippen molar-refractivity contribution >= 4 is 17.3 Å². The van der Waals surface area contributed by atoms with E-state index in [1.54, 1.807) is 6.07 Å². The first kappa shape index (κ1) is 11.3. The Kier molecular flexibility index (Phi) is 3.33. The number of hydrogen-bond donors (Lipinski definition) is 1. The van der Waals surface area contributed by atoms with Gasteiger partial charge in [0.1, 0.15) is 0 Å². The summed E-state index contributed by atoms with van der Waals surface area (Å²) in [5, 5.41) is 12.8. The van der Waals surface area contributed by atoms with Gasteiger partial charge in [0, 0.05) is 25.7 Å². The molecule has 1 saturated heterocycles. The average Bonchev–Trinajstić information content (AvgIpc) is 2.30. The third kappa shape index (κ3) is 2.13. The maximum Gasteiger partial charge on any atom is 0.0992 e. The minimum Gasteiger partial charge on any atom is -0.365 e. The lowest BCUT2D eigenvalue weighted by atomic mass is 10.1. The second kappa shape index (κ2) is 4.73. The summed E-state index contributed by atoms with van der Waals surface area (Å²) in [5.74, 6) is 0. The van der Waals surface area contributed by atoms with Crippen molar-refractivity contribution in [3.05, 3.63) is 28.8 Å². The van der Waals surface area contributed by atoms with Gasteiger partial charge in [0.25, 0.3) is 0 Å². The van der Waals surface area contributed by atoms with Crippen LogP contribution in [0.5, 0.6) is 0 Å². The summed E-state index contributed by atoms with van der Waals surface area (Å²) in [7, 11) is 0. The second-order valence-electron chi connectivity index (χ2n) is 4.02. The van der Waals surface area contributed by atoms with Crippen molar-refractivity contribution in [1.29, 1.82) is 5.26 Å². The maximum absolute atomic E-state index is 8.78.